The van der Waals surface area contributed by atoms with Gasteiger partial charge >= 0.3 is 5.97 Å². The van der Waals surface area contributed by atoms with Crippen LogP contribution >= 0.6 is 0 Å². The number of hydrogen-bond donors (Lipinski definition) is 1. The molecule has 2 aromatic carbocycles. The summed E-state index contributed by atoms with van der Waals surface area (Å²) >= 11 is 0. The monoisotopic (exact) mass is 390 g/mol. The van der Waals surface area contributed by atoms with Crippen LogP contribution in [0.4, 0.5) is 20.2 Å². The van der Waals surface area contributed by atoms with Gasteiger partial charge in [0, 0.05) is 31.6 Å². The van der Waals surface area contributed by atoms with Gasteiger partial charge in [0.15, 0.2) is 0 Å². The Morgan fingerprint density at radius 1 is 1.07 bits per heavy atom. The number of carbonyl (C=O) groups is 3. The first-order chi connectivity index (χ1) is 13.3. The summed E-state index contributed by atoms with van der Waals surface area (Å²) in [6.45, 7) is 3.12. The highest BCUT2D eigenvalue weighted by atomic mass is 19.1. The van der Waals surface area contributed by atoms with Crippen molar-refractivity contribution in [3.63, 3.8) is 0 Å². The fourth-order valence-electron chi connectivity index (χ4n) is 2.49. The molecule has 28 heavy (non-hydrogen) atoms. The molecular formula is C20H20F2N2O4. The zero-order valence-corrected chi connectivity index (χ0v) is 15.5. The van der Waals surface area contributed by atoms with E-state index < -0.39 is 29.4 Å². The van der Waals surface area contributed by atoms with Gasteiger partial charge in [-0.3, -0.25) is 9.59 Å². The molecule has 0 bridgehead atoms. The van der Waals surface area contributed by atoms with Gasteiger partial charge in [0.1, 0.15) is 11.6 Å². The third-order valence-electron chi connectivity index (χ3n) is 3.82. The van der Waals surface area contributed by atoms with Crippen LogP contribution in [-0.4, -0.2) is 30.9 Å². The van der Waals surface area contributed by atoms with Gasteiger partial charge in [-0.05, 0) is 43.3 Å². The molecule has 0 aliphatic heterocycles. The molecule has 0 saturated carbocycles. The Labute approximate surface area is 161 Å². The lowest BCUT2D eigenvalue weighted by molar-refractivity contribution is -0.117. The van der Waals surface area contributed by atoms with Gasteiger partial charge in [0.2, 0.25) is 11.8 Å². The molecule has 0 aliphatic rings. The first-order valence-electron chi connectivity index (χ1n) is 8.62. The number of esters is 1. The van der Waals surface area contributed by atoms with Crippen molar-refractivity contribution in [3.8, 4) is 0 Å². The zero-order chi connectivity index (χ0) is 20.7. The van der Waals surface area contributed by atoms with Crippen molar-refractivity contribution in [2.75, 3.05) is 23.4 Å². The molecule has 0 spiro atoms. The van der Waals surface area contributed by atoms with Gasteiger partial charge in [0.05, 0.1) is 17.9 Å². The predicted octanol–water partition coefficient (Wildman–Crippen LogP) is 3.52. The highest BCUT2D eigenvalue weighted by molar-refractivity contribution is 5.95. The third kappa shape index (κ3) is 5.60. The molecule has 0 fully saturated rings. The molecule has 2 aromatic rings. The number of anilines is 2. The Morgan fingerprint density at radius 2 is 1.75 bits per heavy atom. The lowest BCUT2D eigenvalue weighted by Gasteiger charge is -2.21. The number of benzene rings is 2. The SMILES string of the molecule is CCOC(=O)c1ccc(NC(=O)CCN(C(C)=O)c2ccc(F)cc2F)cc1. The fraction of sp³-hybridized carbons (Fsp3) is 0.250. The Hall–Kier alpha value is -3.29. The Morgan fingerprint density at radius 3 is 2.32 bits per heavy atom. The van der Waals surface area contributed by atoms with E-state index in [0.29, 0.717) is 17.3 Å². The van der Waals surface area contributed by atoms with Crippen LogP contribution in [-0.2, 0) is 14.3 Å². The van der Waals surface area contributed by atoms with Crippen molar-refractivity contribution in [1.82, 2.24) is 0 Å². The van der Waals surface area contributed by atoms with Crippen molar-refractivity contribution in [1.29, 1.82) is 0 Å². The average Bonchev–Trinajstić information content (AvgIpc) is 2.64. The van der Waals surface area contributed by atoms with E-state index in [1.807, 2.05) is 0 Å². The van der Waals surface area contributed by atoms with Crippen LogP contribution in [0.1, 0.15) is 30.6 Å². The van der Waals surface area contributed by atoms with Crippen molar-refractivity contribution in [3.05, 3.63) is 59.7 Å². The van der Waals surface area contributed by atoms with Crippen molar-refractivity contribution in [2.45, 2.75) is 20.3 Å². The molecular weight excluding hydrogens is 370 g/mol. The maximum Gasteiger partial charge on any atom is 0.338 e. The van der Waals surface area contributed by atoms with Crippen LogP contribution in [0.3, 0.4) is 0 Å². The normalized spacial score (nSPS) is 10.3. The van der Waals surface area contributed by atoms with E-state index >= 15 is 0 Å². The Balaban J connectivity index is 1.98. The minimum absolute atomic E-state index is 0.0787. The number of halogens is 2. The van der Waals surface area contributed by atoms with E-state index in [2.05, 4.69) is 5.32 Å². The first-order valence-corrected chi connectivity index (χ1v) is 8.62. The van der Waals surface area contributed by atoms with Crippen molar-refractivity contribution in [2.24, 2.45) is 0 Å². The summed E-state index contributed by atoms with van der Waals surface area (Å²) in [6, 6.07) is 9.00. The third-order valence-corrected chi connectivity index (χ3v) is 3.82. The lowest BCUT2D eigenvalue weighted by atomic mass is 10.2. The maximum absolute atomic E-state index is 13.9. The molecule has 148 valence electrons. The average molecular weight is 390 g/mol. The molecule has 1 N–H and O–H groups in total. The second kappa shape index (κ2) is 9.59. The number of nitrogens with zero attached hydrogens (tertiary/aromatic N) is 1. The molecule has 0 unspecified atom stereocenters. The molecule has 0 aromatic heterocycles. The molecule has 2 rings (SSSR count). The number of carbonyl (C=O) groups excluding carboxylic acids is 3. The number of nitrogens with one attached hydrogen (secondary N) is 1. The minimum atomic E-state index is -0.884. The molecule has 8 heteroatoms. The summed E-state index contributed by atoms with van der Waals surface area (Å²) < 4.78 is 31.8. The molecule has 0 atom stereocenters. The molecule has 0 radical (unpaired) electrons. The van der Waals surface area contributed by atoms with Crippen LogP contribution in [0.15, 0.2) is 42.5 Å². The second-order valence-corrected chi connectivity index (χ2v) is 5.86. The maximum atomic E-state index is 13.9. The quantitative estimate of drug-likeness (QED) is 0.734. The molecule has 6 nitrogen and oxygen atoms in total. The van der Waals surface area contributed by atoms with Crippen LogP contribution in [0.2, 0.25) is 0 Å². The first kappa shape index (κ1) is 21.0. The van der Waals surface area contributed by atoms with E-state index in [1.165, 1.54) is 19.1 Å². The predicted molar refractivity (Wildman–Crippen MR) is 100 cm³/mol. The van der Waals surface area contributed by atoms with Crippen LogP contribution in [0.5, 0.6) is 0 Å². The molecule has 0 heterocycles. The van der Waals surface area contributed by atoms with E-state index in [0.717, 1.165) is 17.0 Å². The summed E-state index contributed by atoms with van der Waals surface area (Å²) in [5.74, 6) is -2.98. The number of ether oxygens (including phenoxy) is 1. The smallest absolute Gasteiger partial charge is 0.338 e. The van der Waals surface area contributed by atoms with Gasteiger partial charge < -0.3 is 15.0 Å². The summed E-state index contributed by atoms with van der Waals surface area (Å²) in [4.78, 5) is 36.6. The van der Waals surface area contributed by atoms with Crippen molar-refractivity contribution >= 4 is 29.2 Å². The van der Waals surface area contributed by atoms with Gasteiger partial charge in [-0.1, -0.05) is 0 Å². The standard InChI is InChI=1S/C20H20F2N2O4/c1-3-28-20(27)14-4-7-16(8-5-14)23-19(26)10-11-24(13(2)25)18-9-6-15(21)12-17(18)22/h4-9,12H,3,10-11H2,1-2H3,(H,23,26). The zero-order valence-electron chi connectivity index (χ0n) is 15.5. The molecule has 0 saturated heterocycles. The van der Waals surface area contributed by atoms with E-state index in [1.54, 1.807) is 19.1 Å². The fourth-order valence-corrected chi connectivity index (χ4v) is 2.49. The van der Waals surface area contributed by atoms with Gasteiger partial charge in [0.25, 0.3) is 0 Å². The molecule has 2 amide bonds. The lowest BCUT2D eigenvalue weighted by Crippen LogP contribution is -2.32. The Bertz CT molecular complexity index is 869. The Kier molecular flexibility index (Phi) is 7.20. The molecule has 0 aliphatic carbocycles. The van der Waals surface area contributed by atoms with Crippen molar-refractivity contribution < 1.29 is 27.9 Å². The number of amides is 2. The number of hydrogen-bond acceptors (Lipinski definition) is 4. The minimum Gasteiger partial charge on any atom is -0.462 e. The van der Waals surface area contributed by atoms with Gasteiger partial charge in [-0.25, -0.2) is 13.6 Å². The van der Waals surface area contributed by atoms with Crippen LogP contribution in [0, 0.1) is 11.6 Å². The summed E-state index contributed by atoms with van der Waals surface area (Å²) in [5, 5.41) is 2.63. The van der Waals surface area contributed by atoms with Gasteiger partial charge in [-0.2, -0.15) is 0 Å². The summed E-state index contributed by atoms with van der Waals surface area (Å²) in [5.41, 5.74) is 0.718. The number of rotatable bonds is 7. The van der Waals surface area contributed by atoms with E-state index in [-0.39, 0.29) is 25.3 Å². The van der Waals surface area contributed by atoms with Gasteiger partial charge in [-0.15, -0.1) is 0 Å². The summed E-state index contributed by atoms with van der Waals surface area (Å²) in [6.07, 6.45) is -0.101. The summed E-state index contributed by atoms with van der Waals surface area (Å²) in [7, 11) is 0. The topological polar surface area (TPSA) is 75.7 Å². The van der Waals surface area contributed by atoms with E-state index in [4.69, 9.17) is 4.74 Å². The second-order valence-electron chi connectivity index (χ2n) is 5.86. The largest absolute Gasteiger partial charge is 0.462 e. The van der Waals surface area contributed by atoms with Crippen LogP contribution in [0.25, 0.3) is 0 Å². The highest BCUT2D eigenvalue weighted by Gasteiger charge is 2.18. The van der Waals surface area contributed by atoms with Crippen LogP contribution < -0.4 is 10.2 Å². The van der Waals surface area contributed by atoms with E-state index in [9.17, 15) is 23.2 Å². The highest BCUT2D eigenvalue weighted by Crippen LogP contribution is 2.21.